The molecule has 2 aromatic rings. The van der Waals surface area contributed by atoms with Crippen LogP contribution < -0.4 is 10.6 Å². The summed E-state index contributed by atoms with van der Waals surface area (Å²) in [4.78, 5) is 11.6. The van der Waals surface area contributed by atoms with E-state index in [1.165, 1.54) is 11.3 Å². The summed E-state index contributed by atoms with van der Waals surface area (Å²) < 4.78 is 1.96. The summed E-state index contributed by atoms with van der Waals surface area (Å²) in [5, 5.41) is 17.7. The van der Waals surface area contributed by atoms with Gasteiger partial charge in [-0.2, -0.15) is 5.10 Å². The Labute approximate surface area is 121 Å². The van der Waals surface area contributed by atoms with Crippen molar-refractivity contribution in [3.05, 3.63) is 23.0 Å². The van der Waals surface area contributed by atoms with E-state index in [2.05, 4.69) is 32.9 Å². The second-order valence-corrected chi connectivity index (χ2v) is 5.63. The van der Waals surface area contributed by atoms with Gasteiger partial charge in [0.25, 0.3) is 0 Å². The van der Waals surface area contributed by atoms with E-state index in [0.29, 0.717) is 11.7 Å². The maximum absolute atomic E-state index is 11.6. The summed E-state index contributed by atoms with van der Waals surface area (Å²) in [5.74, 6) is 0.285. The zero-order valence-electron chi connectivity index (χ0n) is 11.8. The van der Waals surface area contributed by atoms with Gasteiger partial charge in [0, 0.05) is 18.8 Å². The topological polar surface area (TPSA) is 84.7 Å². The Morgan fingerprint density at radius 2 is 2.30 bits per heavy atom. The smallest absolute Gasteiger partial charge is 0.321 e. The standard InChI is InChI=1S/C12H18N6OS/c1-8(6-18-10(3)4-9(2)17-18)5-13-11(19)15-12-16-14-7-20-12/h4,7-8H,5-6H2,1-3H3,(H2,13,15,16,19). The molecule has 0 aliphatic rings. The molecular formula is C12H18N6OS. The highest BCUT2D eigenvalue weighted by molar-refractivity contribution is 7.13. The van der Waals surface area contributed by atoms with Crippen molar-refractivity contribution in [1.29, 1.82) is 0 Å². The van der Waals surface area contributed by atoms with Gasteiger partial charge in [0.1, 0.15) is 5.51 Å². The van der Waals surface area contributed by atoms with Crippen molar-refractivity contribution >= 4 is 22.5 Å². The number of anilines is 1. The van der Waals surface area contributed by atoms with E-state index in [0.717, 1.165) is 17.9 Å². The summed E-state index contributed by atoms with van der Waals surface area (Å²) in [6, 6.07) is 1.78. The number of aryl methyl sites for hydroxylation is 2. The normalized spacial score (nSPS) is 12.2. The molecule has 0 spiro atoms. The molecule has 0 bridgehead atoms. The molecule has 108 valence electrons. The molecule has 0 fully saturated rings. The molecule has 1 unspecified atom stereocenters. The summed E-state index contributed by atoms with van der Waals surface area (Å²) in [5.41, 5.74) is 3.71. The fraction of sp³-hybridized carbons (Fsp3) is 0.500. The van der Waals surface area contributed by atoms with Crippen molar-refractivity contribution in [3.63, 3.8) is 0 Å². The number of rotatable bonds is 5. The van der Waals surface area contributed by atoms with Gasteiger partial charge in [-0.3, -0.25) is 10.00 Å². The van der Waals surface area contributed by atoms with Gasteiger partial charge >= 0.3 is 6.03 Å². The van der Waals surface area contributed by atoms with Crippen LogP contribution in [0.5, 0.6) is 0 Å². The van der Waals surface area contributed by atoms with Crippen LogP contribution in [-0.2, 0) is 6.54 Å². The summed E-state index contributed by atoms with van der Waals surface area (Å²) >= 11 is 1.28. The lowest BCUT2D eigenvalue weighted by Gasteiger charge is -2.13. The first-order valence-electron chi connectivity index (χ1n) is 6.36. The van der Waals surface area contributed by atoms with Crippen molar-refractivity contribution in [2.75, 3.05) is 11.9 Å². The highest BCUT2D eigenvalue weighted by Crippen LogP contribution is 2.08. The Morgan fingerprint density at radius 1 is 1.50 bits per heavy atom. The van der Waals surface area contributed by atoms with Gasteiger partial charge in [0.05, 0.1) is 5.69 Å². The third-order valence-corrected chi connectivity index (χ3v) is 3.39. The van der Waals surface area contributed by atoms with Crippen molar-refractivity contribution in [2.45, 2.75) is 27.3 Å². The van der Waals surface area contributed by atoms with E-state index in [-0.39, 0.29) is 11.9 Å². The van der Waals surface area contributed by atoms with E-state index in [4.69, 9.17) is 0 Å². The average Bonchev–Trinajstić information content (AvgIpc) is 2.98. The van der Waals surface area contributed by atoms with Crippen LogP contribution in [0, 0.1) is 19.8 Å². The van der Waals surface area contributed by atoms with Crippen LogP contribution in [0.25, 0.3) is 0 Å². The first-order chi connectivity index (χ1) is 9.54. The average molecular weight is 294 g/mol. The minimum Gasteiger partial charge on any atom is -0.337 e. The molecule has 0 aromatic carbocycles. The molecule has 0 aliphatic heterocycles. The SMILES string of the molecule is Cc1cc(C)n(CC(C)CNC(=O)Nc2nncs2)n1. The first-order valence-corrected chi connectivity index (χ1v) is 7.24. The number of amides is 2. The van der Waals surface area contributed by atoms with Crippen LogP contribution in [0.3, 0.4) is 0 Å². The zero-order valence-corrected chi connectivity index (χ0v) is 12.6. The lowest BCUT2D eigenvalue weighted by molar-refractivity contribution is 0.249. The van der Waals surface area contributed by atoms with Crippen molar-refractivity contribution in [2.24, 2.45) is 5.92 Å². The molecule has 0 radical (unpaired) electrons. The minimum atomic E-state index is -0.262. The summed E-state index contributed by atoms with van der Waals surface area (Å²) in [7, 11) is 0. The minimum absolute atomic E-state index is 0.262. The van der Waals surface area contributed by atoms with E-state index >= 15 is 0 Å². The van der Waals surface area contributed by atoms with Crippen LogP contribution in [0.4, 0.5) is 9.93 Å². The maximum atomic E-state index is 11.6. The Bertz CT molecular complexity index is 565. The van der Waals surface area contributed by atoms with Gasteiger partial charge in [-0.1, -0.05) is 18.3 Å². The van der Waals surface area contributed by atoms with Crippen LogP contribution in [0.2, 0.25) is 0 Å². The molecule has 0 aliphatic carbocycles. The molecule has 2 heterocycles. The number of carbonyl (C=O) groups is 1. The third kappa shape index (κ3) is 4.02. The largest absolute Gasteiger partial charge is 0.337 e. The zero-order chi connectivity index (χ0) is 14.5. The Hall–Kier alpha value is -1.96. The van der Waals surface area contributed by atoms with Crippen LogP contribution >= 0.6 is 11.3 Å². The fourth-order valence-electron chi connectivity index (χ4n) is 1.86. The highest BCUT2D eigenvalue weighted by atomic mass is 32.1. The Balaban J connectivity index is 1.76. The quantitative estimate of drug-likeness (QED) is 0.880. The molecule has 8 heteroatoms. The van der Waals surface area contributed by atoms with Gasteiger partial charge in [-0.05, 0) is 25.8 Å². The number of hydrogen-bond donors (Lipinski definition) is 2. The number of aromatic nitrogens is 4. The van der Waals surface area contributed by atoms with Gasteiger partial charge in [0.2, 0.25) is 5.13 Å². The maximum Gasteiger partial charge on any atom is 0.321 e. The number of nitrogens with zero attached hydrogens (tertiary/aromatic N) is 4. The molecule has 2 rings (SSSR count). The summed E-state index contributed by atoms with van der Waals surface area (Å²) in [6.07, 6.45) is 0. The Morgan fingerprint density at radius 3 is 2.90 bits per heavy atom. The van der Waals surface area contributed by atoms with Crippen molar-refractivity contribution in [1.82, 2.24) is 25.3 Å². The van der Waals surface area contributed by atoms with Crippen molar-refractivity contribution in [3.8, 4) is 0 Å². The van der Waals surface area contributed by atoms with E-state index in [1.807, 2.05) is 24.6 Å². The van der Waals surface area contributed by atoms with E-state index in [9.17, 15) is 4.79 Å². The first kappa shape index (κ1) is 14.4. The second kappa shape index (κ2) is 6.47. The molecule has 2 N–H and O–H groups in total. The molecule has 1 atom stereocenters. The monoisotopic (exact) mass is 294 g/mol. The van der Waals surface area contributed by atoms with Crippen molar-refractivity contribution < 1.29 is 4.79 Å². The second-order valence-electron chi connectivity index (χ2n) is 4.79. The predicted octanol–water partition coefficient (Wildman–Crippen LogP) is 1.81. The third-order valence-electron chi connectivity index (χ3n) is 2.78. The lowest BCUT2D eigenvalue weighted by Crippen LogP contribution is -2.33. The number of urea groups is 1. The molecule has 2 amide bonds. The number of carbonyl (C=O) groups excluding carboxylic acids is 1. The van der Waals surface area contributed by atoms with Gasteiger partial charge in [-0.25, -0.2) is 4.79 Å². The van der Waals surface area contributed by atoms with Crippen LogP contribution in [-0.4, -0.2) is 32.6 Å². The molecule has 20 heavy (non-hydrogen) atoms. The fourth-order valence-corrected chi connectivity index (χ4v) is 2.30. The summed E-state index contributed by atoms with van der Waals surface area (Å²) in [6.45, 7) is 7.42. The van der Waals surface area contributed by atoms with Crippen LogP contribution in [0.15, 0.2) is 11.6 Å². The van der Waals surface area contributed by atoms with E-state index in [1.54, 1.807) is 5.51 Å². The molecule has 0 saturated heterocycles. The van der Waals surface area contributed by atoms with Gasteiger partial charge in [0.15, 0.2) is 0 Å². The number of nitrogens with one attached hydrogen (secondary N) is 2. The van der Waals surface area contributed by atoms with E-state index < -0.39 is 0 Å². The molecule has 0 saturated carbocycles. The Kier molecular flexibility index (Phi) is 4.67. The molecule has 2 aromatic heterocycles. The van der Waals surface area contributed by atoms with Crippen LogP contribution in [0.1, 0.15) is 18.3 Å². The molecule has 7 nitrogen and oxygen atoms in total. The van der Waals surface area contributed by atoms with Gasteiger partial charge < -0.3 is 5.32 Å². The van der Waals surface area contributed by atoms with Gasteiger partial charge in [-0.15, -0.1) is 10.2 Å². The molecular weight excluding hydrogens is 276 g/mol. The lowest BCUT2D eigenvalue weighted by atomic mass is 10.2. The highest BCUT2D eigenvalue weighted by Gasteiger charge is 2.09. The number of hydrogen-bond acceptors (Lipinski definition) is 5. The predicted molar refractivity (Wildman–Crippen MR) is 77.8 cm³/mol.